The van der Waals surface area contributed by atoms with Gasteiger partial charge in [-0.3, -0.25) is 0 Å². The maximum absolute atomic E-state index is 14.2. The van der Waals surface area contributed by atoms with Crippen LogP contribution in [0.3, 0.4) is 0 Å². The second-order valence-corrected chi connectivity index (χ2v) is 6.04. The first-order chi connectivity index (χ1) is 11.5. The van der Waals surface area contributed by atoms with E-state index in [9.17, 15) is 13.6 Å². The van der Waals surface area contributed by atoms with Crippen molar-refractivity contribution in [3.8, 4) is 0 Å². The molecule has 0 spiro atoms. The van der Waals surface area contributed by atoms with Crippen LogP contribution in [0, 0.1) is 11.6 Å². The summed E-state index contributed by atoms with van der Waals surface area (Å²) in [6, 6.07) is 3.55. The highest BCUT2D eigenvalue weighted by Gasteiger charge is 2.41. The van der Waals surface area contributed by atoms with Gasteiger partial charge in [-0.15, -0.1) is 0 Å². The fourth-order valence-electron chi connectivity index (χ4n) is 3.12. The number of carbonyl (C=O) groups is 1. The van der Waals surface area contributed by atoms with E-state index in [1.54, 1.807) is 6.92 Å². The predicted molar refractivity (Wildman–Crippen MR) is 83.6 cm³/mol. The van der Waals surface area contributed by atoms with Gasteiger partial charge in [0.15, 0.2) is 0 Å². The average molecular weight is 332 g/mol. The molecule has 126 valence electrons. The van der Waals surface area contributed by atoms with Crippen LogP contribution in [0.5, 0.6) is 0 Å². The van der Waals surface area contributed by atoms with E-state index in [2.05, 4.69) is 9.97 Å². The Balaban J connectivity index is 1.83. The Hall–Kier alpha value is -2.37. The van der Waals surface area contributed by atoms with Gasteiger partial charge in [0.1, 0.15) is 17.5 Å². The monoisotopic (exact) mass is 332 g/mol. The van der Waals surface area contributed by atoms with Crippen molar-refractivity contribution in [1.29, 1.82) is 0 Å². The van der Waals surface area contributed by atoms with E-state index in [1.165, 1.54) is 18.5 Å². The Kier molecular flexibility index (Phi) is 4.55. The fourth-order valence-corrected chi connectivity index (χ4v) is 3.12. The number of benzene rings is 1. The molecule has 4 nitrogen and oxygen atoms in total. The maximum atomic E-state index is 14.2. The Bertz CT molecular complexity index is 743. The molecule has 0 unspecified atom stereocenters. The van der Waals surface area contributed by atoms with Crippen molar-refractivity contribution in [1.82, 2.24) is 9.97 Å². The molecule has 0 aliphatic heterocycles. The Labute approximate surface area is 138 Å². The minimum atomic E-state index is -0.475. The zero-order valence-electron chi connectivity index (χ0n) is 13.4. The van der Waals surface area contributed by atoms with Crippen LogP contribution in [0.1, 0.15) is 47.9 Å². The van der Waals surface area contributed by atoms with E-state index in [1.807, 2.05) is 0 Å². The topological polar surface area (TPSA) is 52.1 Å². The Morgan fingerprint density at radius 1 is 1.25 bits per heavy atom. The molecule has 0 saturated heterocycles. The lowest BCUT2D eigenvalue weighted by atomic mass is 9.62. The van der Waals surface area contributed by atoms with Crippen molar-refractivity contribution in [3.05, 3.63) is 59.2 Å². The number of halogens is 2. The van der Waals surface area contributed by atoms with Crippen molar-refractivity contribution in [3.63, 3.8) is 0 Å². The highest BCUT2D eigenvalue weighted by atomic mass is 19.1. The van der Waals surface area contributed by atoms with E-state index in [0.717, 1.165) is 31.4 Å². The van der Waals surface area contributed by atoms with Gasteiger partial charge in [0.25, 0.3) is 0 Å². The molecule has 1 aliphatic rings. The van der Waals surface area contributed by atoms with Gasteiger partial charge < -0.3 is 4.74 Å². The molecule has 0 radical (unpaired) electrons. The van der Waals surface area contributed by atoms with Crippen molar-refractivity contribution in [2.24, 2.45) is 0 Å². The van der Waals surface area contributed by atoms with E-state index in [0.29, 0.717) is 17.8 Å². The molecule has 1 aromatic carbocycles. The smallest absolute Gasteiger partial charge is 0.341 e. The summed E-state index contributed by atoms with van der Waals surface area (Å²) in [5.41, 5.74) is 0.185. The molecule has 0 bridgehead atoms. The number of esters is 1. The second-order valence-electron chi connectivity index (χ2n) is 6.04. The van der Waals surface area contributed by atoms with Gasteiger partial charge in [0.2, 0.25) is 0 Å². The van der Waals surface area contributed by atoms with Crippen LogP contribution in [0.15, 0.2) is 30.6 Å². The lowest BCUT2D eigenvalue weighted by molar-refractivity contribution is 0.0525. The minimum Gasteiger partial charge on any atom is -0.462 e. The van der Waals surface area contributed by atoms with Crippen molar-refractivity contribution in [2.45, 2.75) is 38.0 Å². The third-order valence-electron chi connectivity index (χ3n) is 4.52. The van der Waals surface area contributed by atoms with Crippen LogP contribution < -0.4 is 0 Å². The summed E-state index contributed by atoms with van der Waals surface area (Å²) in [6.07, 6.45) is 5.71. The first-order valence-corrected chi connectivity index (χ1v) is 7.98. The van der Waals surface area contributed by atoms with E-state index in [-0.39, 0.29) is 12.2 Å². The molecule has 1 heterocycles. The van der Waals surface area contributed by atoms with Crippen molar-refractivity contribution in [2.75, 3.05) is 6.61 Å². The minimum absolute atomic E-state index is 0.278. The molecule has 6 heteroatoms. The van der Waals surface area contributed by atoms with Gasteiger partial charge >= 0.3 is 5.97 Å². The zero-order valence-corrected chi connectivity index (χ0v) is 13.4. The van der Waals surface area contributed by atoms with Crippen LogP contribution in [-0.2, 0) is 16.6 Å². The van der Waals surface area contributed by atoms with Gasteiger partial charge in [0.05, 0.1) is 12.2 Å². The number of aromatic nitrogens is 2. The number of hydrogen-bond donors (Lipinski definition) is 0. The molecule has 1 saturated carbocycles. The predicted octanol–water partition coefficient (Wildman–Crippen LogP) is 3.60. The van der Waals surface area contributed by atoms with Crippen LogP contribution in [0.25, 0.3) is 0 Å². The molecule has 0 N–H and O–H groups in total. The first kappa shape index (κ1) is 16.5. The average Bonchev–Trinajstić information content (AvgIpc) is 2.54. The number of rotatable bonds is 5. The molecule has 0 amide bonds. The number of carbonyl (C=O) groups excluding carboxylic acids is 1. The van der Waals surface area contributed by atoms with Gasteiger partial charge in [0, 0.05) is 24.2 Å². The molecule has 1 aliphatic carbocycles. The highest BCUT2D eigenvalue weighted by molar-refractivity contribution is 5.88. The molecule has 24 heavy (non-hydrogen) atoms. The third-order valence-corrected chi connectivity index (χ3v) is 4.52. The lowest BCUT2D eigenvalue weighted by Gasteiger charge is -2.42. The summed E-state index contributed by atoms with van der Waals surface area (Å²) in [5, 5.41) is 0. The van der Waals surface area contributed by atoms with E-state index < -0.39 is 23.0 Å². The fraction of sp³-hybridized carbons (Fsp3) is 0.389. The Morgan fingerprint density at radius 3 is 2.54 bits per heavy atom. The molecular weight excluding hydrogens is 314 g/mol. The molecule has 3 rings (SSSR count). The standard InChI is InChI=1S/C18H18F2N2O2/c1-2-24-17(23)12-10-21-16(22-11-12)9-18(6-3-7-18)14-8-13(19)4-5-15(14)20/h4-5,8,10-11H,2-3,6-7,9H2,1H3. The quantitative estimate of drug-likeness (QED) is 0.785. The van der Waals surface area contributed by atoms with E-state index in [4.69, 9.17) is 4.74 Å². The SMILES string of the molecule is CCOC(=O)c1cnc(CC2(c3cc(F)ccc3F)CCC2)nc1. The Morgan fingerprint density at radius 2 is 1.96 bits per heavy atom. The largest absolute Gasteiger partial charge is 0.462 e. The summed E-state index contributed by atoms with van der Waals surface area (Å²) in [4.78, 5) is 20.0. The highest BCUT2D eigenvalue weighted by Crippen LogP contribution is 2.46. The summed E-state index contributed by atoms with van der Waals surface area (Å²) in [7, 11) is 0. The first-order valence-electron chi connectivity index (χ1n) is 7.98. The molecule has 1 fully saturated rings. The maximum Gasteiger partial charge on any atom is 0.341 e. The van der Waals surface area contributed by atoms with Crippen molar-refractivity contribution >= 4 is 5.97 Å². The molecule has 0 atom stereocenters. The van der Waals surface area contributed by atoms with Crippen LogP contribution in [0.2, 0.25) is 0 Å². The van der Waals surface area contributed by atoms with E-state index >= 15 is 0 Å². The zero-order chi connectivity index (χ0) is 17.2. The van der Waals surface area contributed by atoms with Crippen LogP contribution in [-0.4, -0.2) is 22.5 Å². The molecule has 1 aromatic heterocycles. The van der Waals surface area contributed by atoms with Gasteiger partial charge in [-0.2, -0.15) is 0 Å². The van der Waals surface area contributed by atoms with Crippen molar-refractivity contribution < 1.29 is 18.3 Å². The normalized spacial score (nSPS) is 15.6. The lowest BCUT2D eigenvalue weighted by Crippen LogP contribution is -2.38. The number of hydrogen-bond acceptors (Lipinski definition) is 4. The van der Waals surface area contributed by atoms with Gasteiger partial charge in [-0.05, 0) is 43.5 Å². The van der Waals surface area contributed by atoms with Gasteiger partial charge in [-0.1, -0.05) is 6.42 Å². The number of nitrogens with zero attached hydrogens (tertiary/aromatic N) is 2. The summed E-state index contributed by atoms with van der Waals surface area (Å²) >= 11 is 0. The number of ether oxygens (including phenoxy) is 1. The van der Waals surface area contributed by atoms with Gasteiger partial charge in [-0.25, -0.2) is 23.5 Å². The summed E-state index contributed by atoms with van der Waals surface area (Å²) in [5.74, 6) is -0.819. The second kappa shape index (κ2) is 6.63. The molecule has 2 aromatic rings. The van der Waals surface area contributed by atoms with Crippen LogP contribution >= 0.6 is 0 Å². The molecular formula is C18H18F2N2O2. The third kappa shape index (κ3) is 3.13. The summed E-state index contributed by atoms with van der Waals surface area (Å²) in [6.45, 7) is 2.00. The summed E-state index contributed by atoms with van der Waals surface area (Å²) < 4.78 is 32.6. The van der Waals surface area contributed by atoms with Crippen LogP contribution in [0.4, 0.5) is 8.78 Å².